The first-order valence-corrected chi connectivity index (χ1v) is 19.4. The summed E-state index contributed by atoms with van der Waals surface area (Å²) in [7, 11) is -3.02. The van der Waals surface area contributed by atoms with Crippen LogP contribution in [-0.4, -0.2) is 98.2 Å². The molecule has 250 valence electrons. The van der Waals surface area contributed by atoms with Crippen LogP contribution in [0.15, 0.2) is 6.07 Å². The molecule has 2 saturated carbocycles. The summed E-state index contributed by atoms with van der Waals surface area (Å²) in [5.41, 5.74) is 6.25. The van der Waals surface area contributed by atoms with Crippen LogP contribution in [-0.2, 0) is 13.6 Å². The van der Waals surface area contributed by atoms with Gasteiger partial charge >= 0.3 is 7.60 Å². The molecular weight excluding hydrogens is 575 g/mol. The number of hydrogen-bond acceptors (Lipinski definition) is 11. The molecule has 11 nitrogen and oxygen atoms in total. The van der Waals surface area contributed by atoms with E-state index in [0.29, 0.717) is 49.1 Å². The Balaban J connectivity index is 0.986. The molecule has 0 amide bonds. The highest BCUT2D eigenvalue weighted by Gasteiger charge is 2.44. The number of likely N-dealkylation sites (tertiary alicyclic amines) is 1. The van der Waals surface area contributed by atoms with Gasteiger partial charge in [0.05, 0.1) is 19.4 Å². The van der Waals surface area contributed by atoms with Crippen molar-refractivity contribution < 1.29 is 13.6 Å². The second kappa shape index (κ2) is 16.9. The molecule has 0 spiro atoms. The van der Waals surface area contributed by atoms with E-state index in [1.54, 1.807) is 0 Å². The Morgan fingerprint density at radius 3 is 2.34 bits per heavy atom. The van der Waals surface area contributed by atoms with Crippen LogP contribution < -0.4 is 26.6 Å². The van der Waals surface area contributed by atoms with E-state index in [1.165, 1.54) is 64.2 Å². The predicted molar refractivity (Wildman–Crippen MR) is 180 cm³/mol. The van der Waals surface area contributed by atoms with Gasteiger partial charge < -0.3 is 35.6 Å². The second-order valence-corrected chi connectivity index (χ2v) is 15.6. The van der Waals surface area contributed by atoms with E-state index in [2.05, 4.69) is 30.7 Å². The van der Waals surface area contributed by atoms with Crippen LogP contribution >= 0.6 is 7.60 Å². The molecule has 5 rings (SSSR count). The lowest BCUT2D eigenvalue weighted by Gasteiger charge is -2.35. The lowest BCUT2D eigenvalue weighted by molar-refractivity contribution is 0.206. The molecule has 3 heterocycles. The maximum Gasteiger partial charge on any atom is 0.331 e. The molecule has 4 aliphatic rings. The molecule has 1 aromatic heterocycles. The second-order valence-electron chi connectivity index (χ2n) is 13.4. The number of aromatic nitrogens is 2. The monoisotopic (exact) mass is 634 g/mol. The number of nitrogen functional groups attached to an aromatic ring is 1. The van der Waals surface area contributed by atoms with Gasteiger partial charge in [-0.25, -0.2) is 0 Å². The molecule has 12 heteroatoms. The van der Waals surface area contributed by atoms with Crippen molar-refractivity contribution in [1.82, 2.24) is 25.5 Å². The molecule has 0 aromatic carbocycles. The van der Waals surface area contributed by atoms with Gasteiger partial charge in [-0.1, -0.05) is 19.3 Å². The van der Waals surface area contributed by atoms with Crippen molar-refractivity contribution in [3.63, 3.8) is 0 Å². The SMILES string of the molecule is CCOP(=O)(CCN1CC2CC1CN2c1cc(N)nc(NC[C@H]2CC[C@H](CNCCCNC3CCCCC3)CC2)n1)OCC. The molecule has 2 bridgehead atoms. The largest absolute Gasteiger partial charge is 0.383 e. The summed E-state index contributed by atoms with van der Waals surface area (Å²) >= 11 is 0. The minimum atomic E-state index is -3.02. The van der Waals surface area contributed by atoms with Crippen molar-refractivity contribution in [3.8, 4) is 0 Å². The van der Waals surface area contributed by atoms with Gasteiger partial charge in [-0.15, -0.1) is 0 Å². The van der Waals surface area contributed by atoms with Crippen LogP contribution in [0, 0.1) is 11.8 Å². The number of nitrogens with one attached hydrogen (secondary N) is 3. The molecule has 2 aliphatic heterocycles. The predicted octanol–water partition coefficient (Wildman–Crippen LogP) is 4.71. The number of nitrogens with zero attached hydrogens (tertiary/aromatic N) is 4. The highest BCUT2D eigenvalue weighted by Crippen LogP contribution is 2.48. The van der Waals surface area contributed by atoms with Gasteiger partial charge in [-0.3, -0.25) is 9.46 Å². The summed E-state index contributed by atoms with van der Waals surface area (Å²) in [6, 6.07) is 3.45. The van der Waals surface area contributed by atoms with Gasteiger partial charge in [0.1, 0.15) is 11.6 Å². The quantitative estimate of drug-likeness (QED) is 0.132. The van der Waals surface area contributed by atoms with Crippen LogP contribution in [0.25, 0.3) is 0 Å². The number of rotatable bonds is 18. The molecule has 0 radical (unpaired) electrons. The fourth-order valence-electron chi connectivity index (χ4n) is 7.80. The first-order chi connectivity index (χ1) is 21.4. The molecule has 5 N–H and O–H groups in total. The third-order valence-corrected chi connectivity index (χ3v) is 12.3. The lowest BCUT2D eigenvalue weighted by Crippen LogP contribution is -2.47. The van der Waals surface area contributed by atoms with Crippen molar-refractivity contribution in [2.75, 3.05) is 81.1 Å². The summed E-state index contributed by atoms with van der Waals surface area (Å²) in [5.74, 6) is 3.50. The van der Waals surface area contributed by atoms with Gasteiger partial charge in [-0.05, 0) is 96.7 Å². The van der Waals surface area contributed by atoms with Crippen molar-refractivity contribution in [2.24, 2.45) is 11.8 Å². The standard InChI is InChI=1S/C32H59N8O3P/c1-3-42-44(41,43-4-2)18-17-39-23-29-19-28(39)24-40(29)31-20-30(33)37-32(38-31)36-22-26-13-11-25(12-14-26)21-34-15-8-16-35-27-9-6-5-7-10-27/h20,25-29,34-35H,3-19,21-24H2,1-2H3,(H3,33,36,37,38)/t25-,26-,28?,29?. The van der Waals surface area contributed by atoms with Crippen molar-refractivity contribution in [1.29, 1.82) is 0 Å². The lowest BCUT2D eigenvalue weighted by atomic mass is 9.82. The summed E-state index contributed by atoms with van der Waals surface area (Å²) < 4.78 is 23.9. The maximum atomic E-state index is 12.9. The van der Waals surface area contributed by atoms with Crippen molar-refractivity contribution >= 4 is 25.2 Å². The Labute approximate surface area is 265 Å². The molecule has 1 aromatic rings. The highest BCUT2D eigenvalue weighted by molar-refractivity contribution is 7.53. The Bertz CT molecular complexity index is 1040. The zero-order valence-corrected chi connectivity index (χ0v) is 28.2. The Hall–Kier alpha value is -1.49. The van der Waals surface area contributed by atoms with Gasteiger partial charge in [0.15, 0.2) is 0 Å². The highest BCUT2D eigenvalue weighted by atomic mass is 31.2. The zero-order chi connectivity index (χ0) is 30.8. The van der Waals surface area contributed by atoms with E-state index in [9.17, 15) is 4.57 Å². The topological polar surface area (TPSA) is 130 Å². The van der Waals surface area contributed by atoms with Crippen LogP contribution in [0.3, 0.4) is 0 Å². The minimum absolute atomic E-state index is 0.373. The average molecular weight is 635 g/mol. The van der Waals surface area contributed by atoms with E-state index in [1.807, 2.05) is 19.9 Å². The first-order valence-electron chi connectivity index (χ1n) is 17.7. The van der Waals surface area contributed by atoms with E-state index < -0.39 is 7.60 Å². The van der Waals surface area contributed by atoms with Gasteiger partial charge in [0.2, 0.25) is 5.95 Å². The van der Waals surface area contributed by atoms with Crippen molar-refractivity contribution in [3.05, 3.63) is 6.07 Å². The Morgan fingerprint density at radius 1 is 0.932 bits per heavy atom. The fraction of sp³-hybridized carbons (Fsp3) is 0.875. The molecule has 2 saturated heterocycles. The minimum Gasteiger partial charge on any atom is -0.383 e. The van der Waals surface area contributed by atoms with Crippen LogP contribution in [0.2, 0.25) is 0 Å². The Kier molecular flexibility index (Phi) is 13.0. The van der Waals surface area contributed by atoms with Crippen molar-refractivity contribution in [2.45, 2.75) is 103 Å². The summed E-state index contributed by atoms with van der Waals surface area (Å²) in [4.78, 5) is 14.2. The number of anilines is 3. The Morgan fingerprint density at radius 2 is 1.66 bits per heavy atom. The number of nitrogens with two attached hydrogens (primary N) is 1. The van der Waals surface area contributed by atoms with Crippen LogP contribution in [0.5, 0.6) is 0 Å². The van der Waals surface area contributed by atoms with Crippen LogP contribution in [0.1, 0.15) is 84.5 Å². The molecule has 2 atom stereocenters. The average Bonchev–Trinajstić information content (AvgIpc) is 3.63. The summed E-state index contributed by atoms with van der Waals surface area (Å²) in [5, 5.41) is 11.0. The number of piperazine rings is 1. The van der Waals surface area contributed by atoms with E-state index in [-0.39, 0.29) is 0 Å². The summed E-state index contributed by atoms with van der Waals surface area (Å²) in [6.45, 7) is 11.4. The molecular formula is C32H59N8O3P. The molecule has 2 unspecified atom stereocenters. The smallest absolute Gasteiger partial charge is 0.331 e. The van der Waals surface area contributed by atoms with Gasteiger partial charge in [0, 0.05) is 50.4 Å². The van der Waals surface area contributed by atoms with Crippen LogP contribution in [0.4, 0.5) is 17.6 Å². The van der Waals surface area contributed by atoms with Gasteiger partial charge in [-0.2, -0.15) is 9.97 Å². The number of fused-ring (bicyclic) bond motifs is 2. The third kappa shape index (κ3) is 9.76. The normalized spacial score (nSPS) is 26.5. The van der Waals surface area contributed by atoms with E-state index in [4.69, 9.17) is 19.8 Å². The number of hydrogen-bond donors (Lipinski definition) is 4. The van der Waals surface area contributed by atoms with Gasteiger partial charge in [0.25, 0.3) is 0 Å². The maximum absolute atomic E-state index is 12.9. The summed E-state index contributed by atoms with van der Waals surface area (Å²) in [6.07, 6.45) is 14.8. The zero-order valence-electron chi connectivity index (χ0n) is 27.4. The third-order valence-electron chi connectivity index (χ3n) is 10.2. The molecule has 2 aliphatic carbocycles. The van der Waals surface area contributed by atoms with E-state index >= 15 is 0 Å². The first kappa shape index (κ1) is 33.9. The fourth-order valence-corrected chi connectivity index (χ4v) is 9.42. The molecule has 44 heavy (non-hydrogen) atoms. The molecule has 4 fully saturated rings. The van der Waals surface area contributed by atoms with E-state index in [0.717, 1.165) is 70.0 Å².